The lowest BCUT2D eigenvalue weighted by Gasteiger charge is -2.05. The van der Waals surface area contributed by atoms with Crippen LogP contribution in [0.3, 0.4) is 0 Å². The monoisotopic (exact) mass is 345 g/mol. The van der Waals surface area contributed by atoms with Crippen LogP contribution in [-0.4, -0.2) is 11.7 Å². The minimum atomic E-state index is -0.445. The van der Waals surface area contributed by atoms with Gasteiger partial charge in [0.05, 0.1) is 12.0 Å². The molecule has 1 N–H and O–H groups in total. The number of fused-ring (bicyclic) bond motifs is 1. The van der Waals surface area contributed by atoms with E-state index in [1.807, 2.05) is 31.2 Å². The zero-order valence-corrected chi connectivity index (χ0v) is 14.0. The van der Waals surface area contributed by atoms with Gasteiger partial charge in [-0.3, -0.25) is 9.59 Å². The Hall–Kier alpha value is -3.60. The van der Waals surface area contributed by atoms with Crippen molar-refractivity contribution in [3.05, 3.63) is 89.6 Å². The molecular weight excluding hydrogens is 330 g/mol. The molecule has 2 aromatic carbocycles. The number of carbonyl (C=O) groups is 2. The Balaban J connectivity index is 1.80. The summed E-state index contributed by atoms with van der Waals surface area (Å²) in [4.78, 5) is 25.4. The molecule has 4 rings (SSSR count). The number of nitrogens with one attached hydrogen (secondary N) is 1. The summed E-state index contributed by atoms with van der Waals surface area (Å²) >= 11 is 0. The number of benzene rings is 2. The molecule has 0 aliphatic heterocycles. The summed E-state index contributed by atoms with van der Waals surface area (Å²) in [6.45, 7) is 1.95. The number of para-hydroxylation sites is 1. The first-order valence-electron chi connectivity index (χ1n) is 8.11. The Morgan fingerprint density at radius 3 is 2.42 bits per heavy atom. The van der Waals surface area contributed by atoms with E-state index in [1.165, 1.54) is 6.26 Å². The number of hydrogen-bond acceptors (Lipinski definition) is 4. The van der Waals surface area contributed by atoms with Gasteiger partial charge in [-0.15, -0.1) is 0 Å². The molecular formula is C21H15NO4. The Kier molecular flexibility index (Phi) is 3.89. The van der Waals surface area contributed by atoms with Crippen molar-refractivity contribution in [3.8, 4) is 0 Å². The van der Waals surface area contributed by atoms with Gasteiger partial charge in [0.1, 0.15) is 5.58 Å². The molecule has 5 heteroatoms. The fourth-order valence-corrected chi connectivity index (χ4v) is 2.75. The molecule has 4 aromatic rings. The minimum absolute atomic E-state index is 0.0926. The Labute approximate surface area is 149 Å². The molecule has 0 unspecified atom stereocenters. The van der Waals surface area contributed by atoms with E-state index >= 15 is 0 Å². The summed E-state index contributed by atoms with van der Waals surface area (Å²) in [6, 6.07) is 17.6. The number of rotatable bonds is 4. The predicted octanol–water partition coefficient (Wildman–Crippen LogP) is 4.82. The van der Waals surface area contributed by atoms with Crippen LogP contribution in [-0.2, 0) is 0 Å². The number of anilines is 1. The third-order valence-electron chi connectivity index (χ3n) is 4.10. The van der Waals surface area contributed by atoms with Crippen LogP contribution in [0.5, 0.6) is 0 Å². The van der Waals surface area contributed by atoms with Crippen molar-refractivity contribution in [3.63, 3.8) is 0 Å². The van der Waals surface area contributed by atoms with Crippen LogP contribution in [0.25, 0.3) is 11.0 Å². The van der Waals surface area contributed by atoms with E-state index in [0.29, 0.717) is 22.2 Å². The molecule has 0 saturated carbocycles. The van der Waals surface area contributed by atoms with E-state index in [4.69, 9.17) is 8.83 Å². The van der Waals surface area contributed by atoms with Crippen LogP contribution in [0.2, 0.25) is 0 Å². The molecule has 1 amide bonds. The highest BCUT2D eigenvalue weighted by Crippen LogP contribution is 2.33. The van der Waals surface area contributed by atoms with Crippen LogP contribution >= 0.6 is 0 Å². The molecule has 0 spiro atoms. The van der Waals surface area contributed by atoms with Gasteiger partial charge >= 0.3 is 0 Å². The van der Waals surface area contributed by atoms with E-state index in [9.17, 15) is 9.59 Å². The lowest BCUT2D eigenvalue weighted by Crippen LogP contribution is -2.13. The van der Waals surface area contributed by atoms with Gasteiger partial charge in [-0.25, -0.2) is 0 Å². The second-order valence-corrected chi connectivity index (χ2v) is 5.93. The molecule has 5 nitrogen and oxygen atoms in total. The van der Waals surface area contributed by atoms with Gasteiger partial charge in [-0.05, 0) is 31.2 Å². The van der Waals surface area contributed by atoms with Crippen LogP contribution in [0.15, 0.2) is 75.8 Å². The zero-order valence-electron chi connectivity index (χ0n) is 14.0. The fourth-order valence-electron chi connectivity index (χ4n) is 2.75. The largest absolute Gasteiger partial charge is 0.459 e. The molecule has 2 heterocycles. The first kappa shape index (κ1) is 15.9. The number of ketones is 1. The maximum Gasteiger partial charge on any atom is 0.291 e. The fraction of sp³-hybridized carbons (Fsp3) is 0.0476. The Morgan fingerprint density at radius 1 is 0.923 bits per heavy atom. The van der Waals surface area contributed by atoms with E-state index in [1.54, 1.807) is 36.4 Å². The summed E-state index contributed by atoms with van der Waals surface area (Å²) in [6.07, 6.45) is 1.42. The number of amides is 1. The number of hydrogen-bond donors (Lipinski definition) is 1. The smallest absolute Gasteiger partial charge is 0.291 e. The minimum Gasteiger partial charge on any atom is -0.459 e. The quantitative estimate of drug-likeness (QED) is 0.538. The van der Waals surface area contributed by atoms with Gasteiger partial charge in [0.2, 0.25) is 5.78 Å². The van der Waals surface area contributed by atoms with E-state index < -0.39 is 5.91 Å². The van der Waals surface area contributed by atoms with Crippen molar-refractivity contribution in [2.75, 3.05) is 5.32 Å². The van der Waals surface area contributed by atoms with Crippen LogP contribution in [0.1, 0.15) is 32.2 Å². The third kappa shape index (κ3) is 2.80. The molecule has 0 radical (unpaired) electrons. The second kappa shape index (κ2) is 6.37. The predicted molar refractivity (Wildman–Crippen MR) is 97.5 cm³/mol. The molecule has 128 valence electrons. The summed E-state index contributed by atoms with van der Waals surface area (Å²) in [5.74, 6) is -0.491. The maximum absolute atomic E-state index is 12.9. The van der Waals surface area contributed by atoms with Gasteiger partial charge in [-0.1, -0.05) is 42.0 Å². The van der Waals surface area contributed by atoms with E-state index in [-0.39, 0.29) is 17.3 Å². The van der Waals surface area contributed by atoms with Crippen molar-refractivity contribution < 1.29 is 18.4 Å². The van der Waals surface area contributed by atoms with Crippen LogP contribution in [0.4, 0.5) is 5.69 Å². The van der Waals surface area contributed by atoms with Crippen molar-refractivity contribution in [2.24, 2.45) is 0 Å². The van der Waals surface area contributed by atoms with Crippen molar-refractivity contribution >= 4 is 28.3 Å². The van der Waals surface area contributed by atoms with Gasteiger partial charge in [0, 0.05) is 10.9 Å². The highest BCUT2D eigenvalue weighted by atomic mass is 16.3. The first-order chi connectivity index (χ1) is 12.6. The molecule has 0 saturated heterocycles. The van der Waals surface area contributed by atoms with Gasteiger partial charge in [0.15, 0.2) is 11.5 Å². The lowest BCUT2D eigenvalue weighted by atomic mass is 10.1. The molecule has 26 heavy (non-hydrogen) atoms. The number of carbonyl (C=O) groups excluding carboxylic acids is 2. The average Bonchev–Trinajstić information content (AvgIpc) is 3.30. The summed E-state index contributed by atoms with van der Waals surface area (Å²) in [5, 5.41) is 3.41. The molecule has 0 atom stereocenters. The number of aryl methyl sites for hydroxylation is 1. The van der Waals surface area contributed by atoms with E-state index in [0.717, 1.165) is 5.56 Å². The van der Waals surface area contributed by atoms with Crippen LogP contribution in [0, 0.1) is 6.92 Å². The van der Waals surface area contributed by atoms with Gasteiger partial charge in [-0.2, -0.15) is 0 Å². The first-order valence-corrected chi connectivity index (χ1v) is 8.11. The molecule has 0 aliphatic carbocycles. The van der Waals surface area contributed by atoms with Crippen molar-refractivity contribution in [1.82, 2.24) is 0 Å². The average molecular weight is 345 g/mol. The number of furan rings is 2. The standard InChI is InChI=1S/C21H15NO4/c1-13-8-10-14(11-9-13)19(23)20-18(15-5-2-3-6-16(15)26-20)22-21(24)17-7-4-12-25-17/h2-12H,1H3,(H,22,24). The second-order valence-electron chi connectivity index (χ2n) is 5.93. The summed E-state index contributed by atoms with van der Waals surface area (Å²) in [7, 11) is 0. The Bertz CT molecular complexity index is 1090. The topological polar surface area (TPSA) is 72.5 Å². The van der Waals surface area contributed by atoms with Crippen molar-refractivity contribution in [2.45, 2.75) is 6.92 Å². The zero-order chi connectivity index (χ0) is 18.1. The Morgan fingerprint density at radius 2 is 1.69 bits per heavy atom. The lowest BCUT2D eigenvalue weighted by molar-refractivity contribution is 0.0996. The molecule has 0 aliphatic rings. The van der Waals surface area contributed by atoms with Gasteiger partial charge < -0.3 is 14.2 Å². The molecule has 0 fully saturated rings. The van der Waals surface area contributed by atoms with E-state index in [2.05, 4.69) is 5.32 Å². The molecule has 0 bridgehead atoms. The maximum atomic E-state index is 12.9. The summed E-state index contributed by atoms with van der Waals surface area (Å²) in [5.41, 5.74) is 2.41. The van der Waals surface area contributed by atoms with Gasteiger partial charge in [0.25, 0.3) is 5.91 Å². The molecule has 2 aromatic heterocycles. The SMILES string of the molecule is Cc1ccc(C(=O)c2oc3ccccc3c2NC(=O)c2ccco2)cc1. The normalized spacial score (nSPS) is 10.8. The third-order valence-corrected chi connectivity index (χ3v) is 4.10. The highest BCUT2D eigenvalue weighted by Gasteiger charge is 2.24. The highest BCUT2D eigenvalue weighted by molar-refractivity contribution is 6.18. The summed E-state index contributed by atoms with van der Waals surface area (Å²) < 4.78 is 10.9. The van der Waals surface area contributed by atoms with Crippen LogP contribution < -0.4 is 5.32 Å². The van der Waals surface area contributed by atoms with Crippen molar-refractivity contribution in [1.29, 1.82) is 0 Å².